The van der Waals surface area contributed by atoms with Crippen LogP contribution >= 0.6 is 0 Å². The normalized spacial score (nSPS) is 23.2. The summed E-state index contributed by atoms with van der Waals surface area (Å²) in [5.74, 6) is -1.76. The summed E-state index contributed by atoms with van der Waals surface area (Å²) in [4.78, 5) is 80.9. The number of ether oxygens (including phenoxy) is 2. The van der Waals surface area contributed by atoms with Gasteiger partial charge in [-0.1, -0.05) is 109 Å². The molecule has 1 N–H and O–H groups in total. The molecule has 342 valence electrons. The fraction of sp³-hybridized carbons (Fsp3) is 0.660. The van der Waals surface area contributed by atoms with Gasteiger partial charge in [-0.3, -0.25) is 28.8 Å². The zero-order valence-electron chi connectivity index (χ0n) is 39.2. The third-order valence-electron chi connectivity index (χ3n) is 14.4. The molecule has 3 aliphatic rings. The molecule has 0 bridgehead atoms. The van der Waals surface area contributed by atoms with Crippen molar-refractivity contribution in [2.24, 2.45) is 35.0 Å². The maximum atomic E-state index is 14.5. The molecule has 0 aromatic heterocycles. The molecule has 0 spiro atoms. The number of rotatable bonds is 22. The first-order chi connectivity index (χ1) is 29.5. The zero-order valence-corrected chi connectivity index (χ0v) is 39.2. The lowest BCUT2D eigenvalue weighted by Gasteiger charge is -2.41. The van der Waals surface area contributed by atoms with Gasteiger partial charge in [0, 0.05) is 52.5 Å². The number of likely N-dealkylation sites (tertiary alicyclic amines) is 1. The van der Waals surface area contributed by atoms with Gasteiger partial charge in [0.2, 0.25) is 11.8 Å². The summed E-state index contributed by atoms with van der Waals surface area (Å²) in [5.41, 5.74) is 2.15. The van der Waals surface area contributed by atoms with Gasteiger partial charge in [-0.05, 0) is 66.7 Å². The highest BCUT2D eigenvalue weighted by atomic mass is 16.7. The number of carbonyl (C=O) groups is 5. The molecule has 1 saturated heterocycles. The quantitative estimate of drug-likeness (QED) is 0.133. The minimum Gasteiger partial charge on any atom is -0.379 e. The van der Waals surface area contributed by atoms with Crippen LogP contribution < -0.4 is 5.32 Å². The van der Waals surface area contributed by atoms with Crippen LogP contribution in [0.2, 0.25) is 0 Å². The Morgan fingerprint density at radius 3 is 2.15 bits per heavy atom. The molecular formula is C50H74N4O8. The summed E-state index contributed by atoms with van der Waals surface area (Å²) < 4.78 is 12.2. The van der Waals surface area contributed by atoms with E-state index in [4.69, 9.17) is 14.3 Å². The number of fused-ring (bicyclic) bond motifs is 1. The summed E-state index contributed by atoms with van der Waals surface area (Å²) in [6, 6.07) is 16.7. The Kier molecular flexibility index (Phi) is 17.1. The van der Waals surface area contributed by atoms with E-state index < -0.39 is 35.5 Å². The molecule has 2 aromatic carbocycles. The summed E-state index contributed by atoms with van der Waals surface area (Å²) in [6.45, 7) is 15.0. The Morgan fingerprint density at radius 1 is 0.887 bits per heavy atom. The third kappa shape index (κ3) is 10.7. The smallest absolute Gasteiger partial charge is 0.253 e. The minimum atomic E-state index is -0.951. The van der Waals surface area contributed by atoms with Gasteiger partial charge in [0.1, 0.15) is 12.4 Å². The van der Waals surface area contributed by atoms with E-state index in [1.165, 1.54) is 5.06 Å². The fourth-order valence-corrected chi connectivity index (χ4v) is 10.4. The lowest BCUT2D eigenvalue weighted by molar-refractivity contribution is -0.207. The molecule has 0 radical (unpaired) electrons. The summed E-state index contributed by atoms with van der Waals surface area (Å²) in [7, 11) is 6.72. The van der Waals surface area contributed by atoms with Crippen molar-refractivity contribution in [2.45, 2.75) is 143 Å². The van der Waals surface area contributed by atoms with Gasteiger partial charge in [-0.25, -0.2) is 5.06 Å². The van der Waals surface area contributed by atoms with E-state index in [9.17, 15) is 24.0 Å². The Hall–Kier alpha value is -3.97. The summed E-state index contributed by atoms with van der Waals surface area (Å²) in [6.07, 6.45) is 1.69. The highest BCUT2D eigenvalue weighted by molar-refractivity contribution is 5.94. The van der Waals surface area contributed by atoms with Gasteiger partial charge in [0.25, 0.3) is 5.91 Å². The zero-order chi connectivity index (χ0) is 45.5. The van der Waals surface area contributed by atoms with Crippen molar-refractivity contribution < 1.29 is 38.3 Å². The molecule has 0 unspecified atom stereocenters. The van der Waals surface area contributed by atoms with E-state index in [-0.39, 0.29) is 84.3 Å². The highest BCUT2D eigenvalue weighted by Crippen LogP contribution is 2.63. The third-order valence-corrected chi connectivity index (χ3v) is 14.4. The number of hydrogen-bond donors (Lipinski definition) is 1. The van der Waals surface area contributed by atoms with Crippen LogP contribution in [0.25, 0.3) is 0 Å². The van der Waals surface area contributed by atoms with Crippen molar-refractivity contribution in [2.75, 3.05) is 34.9 Å². The number of benzene rings is 2. The number of nitrogens with one attached hydrogen (secondary N) is 1. The summed E-state index contributed by atoms with van der Waals surface area (Å²) >= 11 is 0. The van der Waals surface area contributed by atoms with Crippen LogP contribution in [-0.2, 0) is 51.4 Å². The average molecular weight is 859 g/mol. The lowest BCUT2D eigenvalue weighted by atomic mass is 9.83. The number of Topliss-reactive ketones (excluding diaryl/α,β-unsaturated/α-hetero) is 2. The number of ketones is 2. The number of hydrogen-bond acceptors (Lipinski definition) is 9. The van der Waals surface area contributed by atoms with Gasteiger partial charge in [0.15, 0.2) is 5.78 Å². The van der Waals surface area contributed by atoms with Gasteiger partial charge in [0.05, 0.1) is 48.7 Å². The molecule has 12 heteroatoms. The van der Waals surface area contributed by atoms with E-state index >= 15 is 0 Å². The first kappa shape index (κ1) is 49.1. The topological polar surface area (TPSA) is 135 Å². The number of nitrogens with zero attached hydrogens (tertiary/aromatic N) is 3. The molecular weight excluding hydrogens is 785 g/mol. The van der Waals surface area contributed by atoms with E-state index in [1.54, 1.807) is 33.2 Å². The SMILES string of the molecule is CC[C@H](C)[C@@H]([C@@H](CC(=O)N1CCC[C@H]1[C@H](OC)[C@@H](C)C(=O)C[C@@]1(C(=O)N2Cc3ccccc3CO2)C[C@@H]1c1ccccc1)OC)N(C)C(=O)[C@@H](CC(=O)[C@@H](NC)C(C)C)C(C)C. The van der Waals surface area contributed by atoms with Crippen LogP contribution in [0.4, 0.5) is 0 Å². The molecule has 12 nitrogen and oxygen atoms in total. The van der Waals surface area contributed by atoms with E-state index in [1.807, 2.05) is 94.1 Å². The predicted octanol–water partition coefficient (Wildman–Crippen LogP) is 6.99. The van der Waals surface area contributed by atoms with Gasteiger partial charge in [-0.2, -0.15) is 0 Å². The van der Waals surface area contributed by atoms with E-state index in [0.717, 1.165) is 29.5 Å². The van der Waals surface area contributed by atoms with Crippen molar-refractivity contribution in [3.63, 3.8) is 0 Å². The lowest BCUT2D eigenvalue weighted by Crippen LogP contribution is -2.54. The van der Waals surface area contributed by atoms with Crippen LogP contribution in [-0.4, -0.2) is 109 Å². The molecule has 2 fully saturated rings. The highest BCUT2D eigenvalue weighted by Gasteiger charge is 2.63. The average Bonchev–Trinajstić information content (AvgIpc) is 3.79. The Labute approximate surface area is 370 Å². The molecule has 1 aliphatic carbocycles. The maximum absolute atomic E-state index is 14.5. The molecule has 1 saturated carbocycles. The van der Waals surface area contributed by atoms with Crippen molar-refractivity contribution in [1.29, 1.82) is 0 Å². The molecule has 2 heterocycles. The minimum absolute atomic E-state index is 0.00748. The molecule has 5 rings (SSSR count). The van der Waals surface area contributed by atoms with E-state index in [2.05, 4.69) is 19.2 Å². The van der Waals surface area contributed by atoms with Crippen molar-refractivity contribution in [1.82, 2.24) is 20.2 Å². The van der Waals surface area contributed by atoms with Gasteiger partial charge < -0.3 is 24.6 Å². The summed E-state index contributed by atoms with van der Waals surface area (Å²) in [5, 5.41) is 4.58. The van der Waals surface area contributed by atoms with Gasteiger partial charge in [-0.15, -0.1) is 0 Å². The van der Waals surface area contributed by atoms with Crippen molar-refractivity contribution in [3.8, 4) is 0 Å². The first-order valence-corrected chi connectivity index (χ1v) is 23.0. The van der Waals surface area contributed by atoms with Crippen LogP contribution in [0.3, 0.4) is 0 Å². The molecule has 2 aromatic rings. The molecule has 2 aliphatic heterocycles. The Balaban J connectivity index is 1.31. The van der Waals surface area contributed by atoms with Gasteiger partial charge >= 0.3 is 0 Å². The van der Waals surface area contributed by atoms with Crippen LogP contribution in [0, 0.1) is 35.0 Å². The maximum Gasteiger partial charge on any atom is 0.253 e. The molecule has 3 amide bonds. The number of hydroxylamine groups is 2. The Morgan fingerprint density at radius 2 is 1.55 bits per heavy atom. The molecule has 62 heavy (non-hydrogen) atoms. The fourth-order valence-electron chi connectivity index (χ4n) is 10.4. The standard InChI is InChI=1S/C50H74N4O8/c1-12-33(6)46(52(9)48(58)38(31(2)3)25-41(55)45(51-8)32(4)5)43(60-10)26-44(57)53-24-18-23-40(53)47(61-11)34(7)42(56)28-50(27-39(50)35-19-14-13-15-20-35)49(59)54-29-36-21-16-17-22-37(36)30-62-54/h13-17,19-22,31-34,38-40,43,45-47,51H,12,18,23-30H2,1-11H3/t33-,34-,38-,39+,40-,43+,45-,46-,47+,50-/m0/s1. The van der Waals surface area contributed by atoms with Crippen LogP contribution in [0.1, 0.15) is 116 Å². The second-order valence-electron chi connectivity index (χ2n) is 19.0. The Bertz CT molecular complexity index is 1850. The largest absolute Gasteiger partial charge is 0.379 e. The van der Waals surface area contributed by atoms with Crippen LogP contribution in [0.5, 0.6) is 0 Å². The number of carbonyl (C=O) groups excluding carboxylic acids is 5. The number of methoxy groups -OCH3 is 2. The number of likely N-dealkylation sites (N-methyl/N-ethyl adjacent to an activating group) is 2. The van der Waals surface area contributed by atoms with E-state index in [0.29, 0.717) is 32.5 Å². The first-order valence-electron chi connectivity index (χ1n) is 23.0. The second kappa shape index (κ2) is 21.6. The van der Waals surface area contributed by atoms with Crippen LogP contribution in [0.15, 0.2) is 54.6 Å². The van der Waals surface area contributed by atoms with Crippen molar-refractivity contribution >= 4 is 29.3 Å². The number of amides is 3. The monoisotopic (exact) mass is 859 g/mol. The van der Waals surface area contributed by atoms with Crippen molar-refractivity contribution in [3.05, 3.63) is 71.3 Å². The second-order valence-corrected chi connectivity index (χ2v) is 19.0. The predicted molar refractivity (Wildman–Crippen MR) is 239 cm³/mol. The molecule has 10 atom stereocenters.